The van der Waals surface area contributed by atoms with E-state index in [9.17, 15) is 39.9 Å². The fourth-order valence-electron chi connectivity index (χ4n) is 5.77. The third-order valence-corrected chi connectivity index (χ3v) is 8.59. The Morgan fingerprint density at radius 2 is 1.46 bits per heavy atom. The van der Waals surface area contributed by atoms with Crippen molar-refractivity contribution in [1.82, 2.24) is 0 Å². The molecule has 2 heterocycles. The first-order valence-corrected chi connectivity index (χ1v) is 16.7. The summed E-state index contributed by atoms with van der Waals surface area (Å²) < 4.78 is 16.7. The number of unbranched alkanes of at least 4 members (excludes halogenated alkanes) is 12. The highest BCUT2D eigenvalue weighted by Crippen LogP contribution is 2.35. The lowest BCUT2D eigenvalue weighted by atomic mass is 9.99. The number of nitrogens with one attached hydrogen (secondary N) is 1. The van der Waals surface area contributed by atoms with E-state index >= 15 is 0 Å². The molecule has 1 aliphatic rings. The number of benzene rings is 1. The number of amides is 1. The molecule has 258 valence electrons. The number of aliphatic hydroxyl groups is 4. The van der Waals surface area contributed by atoms with E-state index in [4.69, 9.17) is 13.9 Å². The molecular weight excluding hydrogens is 598 g/mol. The van der Waals surface area contributed by atoms with Crippen LogP contribution in [0.4, 0.5) is 5.69 Å². The van der Waals surface area contributed by atoms with Gasteiger partial charge in [0.25, 0.3) is 0 Å². The second-order valence-electron chi connectivity index (χ2n) is 12.3. The van der Waals surface area contributed by atoms with Crippen LogP contribution in [0.2, 0.25) is 0 Å². The maximum absolute atomic E-state index is 13.0. The topological polar surface area (TPSA) is 196 Å². The van der Waals surface area contributed by atoms with Crippen LogP contribution in [0, 0.1) is 6.92 Å². The van der Waals surface area contributed by atoms with E-state index in [1.165, 1.54) is 69.9 Å². The van der Waals surface area contributed by atoms with Gasteiger partial charge in [0.1, 0.15) is 35.7 Å². The van der Waals surface area contributed by atoms with Crippen molar-refractivity contribution in [2.75, 3.05) is 11.9 Å². The van der Waals surface area contributed by atoms with Gasteiger partial charge in [0.2, 0.25) is 12.2 Å². The molecule has 46 heavy (non-hydrogen) atoms. The van der Waals surface area contributed by atoms with Crippen molar-refractivity contribution in [2.24, 2.45) is 0 Å². The highest BCUT2D eigenvalue weighted by molar-refractivity contribution is 5.96. The lowest BCUT2D eigenvalue weighted by Gasteiger charge is -2.39. The maximum Gasteiger partial charge on any atom is 0.340 e. The van der Waals surface area contributed by atoms with Gasteiger partial charge < -0.3 is 44.7 Å². The van der Waals surface area contributed by atoms with Crippen LogP contribution in [-0.2, 0) is 20.7 Å². The first-order chi connectivity index (χ1) is 22.1. The number of aliphatic carboxylic acids is 1. The van der Waals surface area contributed by atoms with Crippen LogP contribution < -0.4 is 15.7 Å². The van der Waals surface area contributed by atoms with Crippen molar-refractivity contribution in [2.45, 2.75) is 141 Å². The van der Waals surface area contributed by atoms with Gasteiger partial charge in [-0.1, -0.05) is 84.0 Å². The van der Waals surface area contributed by atoms with E-state index in [-0.39, 0.29) is 34.9 Å². The summed E-state index contributed by atoms with van der Waals surface area (Å²) in [6, 6.07) is 2.79. The van der Waals surface area contributed by atoms with E-state index < -0.39 is 55.3 Å². The molecule has 1 aromatic heterocycles. The number of hydrogen-bond acceptors (Lipinski definition) is 10. The lowest BCUT2D eigenvalue weighted by molar-refractivity contribution is -0.277. The van der Waals surface area contributed by atoms with E-state index in [0.29, 0.717) is 17.4 Å². The zero-order chi connectivity index (χ0) is 33.6. The molecule has 6 N–H and O–H groups in total. The van der Waals surface area contributed by atoms with E-state index in [2.05, 4.69) is 12.2 Å². The maximum atomic E-state index is 13.0. The molecule has 0 radical (unpaired) electrons. The molecule has 0 bridgehead atoms. The van der Waals surface area contributed by atoms with Crippen molar-refractivity contribution in [3.63, 3.8) is 0 Å². The van der Waals surface area contributed by atoms with Gasteiger partial charge in [0.05, 0.1) is 24.3 Å². The predicted octanol–water partition coefficient (Wildman–Crippen LogP) is 4.33. The molecule has 3 rings (SSSR count). The minimum Gasteiger partial charge on any atom is -0.481 e. The summed E-state index contributed by atoms with van der Waals surface area (Å²) in [6.45, 7) is 3.14. The number of fused-ring (bicyclic) bond motifs is 1. The van der Waals surface area contributed by atoms with Gasteiger partial charge in [0, 0.05) is 17.9 Å². The van der Waals surface area contributed by atoms with Crippen LogP contribution in [0.25, 0.3) is 11.0 Å². The quantitative estimate of drug-likeness (QED) is 0.0882. The molecule has 12 nitrogen and oxygen atoms in total. The standard InChI is InChI=1S/C34H51NO11/c1-3-4-5-6-7-8-9-10-11-12-13-14-15-16-28(37)35-24-17-22-21(2)23(18-29(38)39)33(43)44-25(22)19-26(24)45-34-32(42)31(41)30(40)27(20-36)46-34/h17,19,27,30-32,34,36,40-42H,3-16,18,20H2,1-2H3,(H,35,37)(H,38,39)/t27-,30+,31+,32-,34-/m1/s1. The Morgan fingerprint density at radius 3 is 2.02 bits per heavy atom. The van der Waals surface area contributed by atoms with Crippen LogP contribution in [-0.4, -0.2) is 74.7 Å². The Kier molecular flexibility index (Phi) is 15.4. The number of carbonyl (C=O) groups excluding carboxylic acids is 1. The van der Waals surface area contributed by atoms with Crippen molar-refractivity contribution in [3.8, 4) is 5.75 Å². The highest BCUT2D eigenvalue weighted by Gasteiger charge is 2.45. The van der Waals surface area contributed by atoms with Gasteiger partial charge in [-0.05, 0) is 25.0 Å². The average Bonchev–Trinajstić information content (AvgIpc) is 3.02. The zero-order valence-electron chi connectivity index (χ0n) is 27.0. The minimum atomic E-state index is -1.71. The number of aliphatic hydroxyl groups excluding tert-OH is 4. The molecule has 0 aliphatic carbocycles. The zero-order valence-corrected chi connectivity index (χ0v) is 27.0. The molecule has 0 unspecified atom stereocenters. The highest BCUT2D eigenvalue weighted by atomic mass is 16.7. The Labute approximate surface area is 269 Å². The number of ether oxygens (including phenoxy) is 2. The Balaban J connectivity index is 1.65. The molecule has 1 saturated heterocycles. The number of carbonyl (C=O) groups is 2. The van der Waals surface area contributed by atoms with Crippen molar-refractivity contribution < 1.29 is 49.0 Å². The van der Waals surface area contributed by atoms with E-state index in [0.717, 1.165) is 19.3 Å². The second-order valence-corrected chi connectivity index (χ2v) is 12.3. The normalized spacial score (nSPS) is 21.4. The van der Waals surface area contributed by atoms with Crippen LogP contribution in [0.1, 0.15) is 108 Å². The summed E-state index contributed by atoms with van der Waals surface area (Å²) in [5.41, 5.74) is -0.342. The Hall–Kier alpha value is -3.03. The fourth-order valence-corrected chi connectivity index (χ4v) is 5.77. The molecule has 0 saturated carbocycles. The van der Waals surface area contributed by atoms with Crippen LogP contribution in [0.3, 0.4) is 0 Å². The van der Waals surface area contributed by atoms with Gasteiger partial charge in [-0.25, -0.2) is 4.79 Å². The predicted molar refractivity (Wildman–Crippen MR) is 172 cm³/mol. The molecule has 1 aromatic carbocycles. The van der Waals surface area contributed by atoms with Gasteiger partial charge in [-0.3, -0.25) is 9.59 Å². The number of aryl methyl sites for hydroxylation is 1. The minimum absolute atomic E-state index is 0.0331. The van der Waals surface area contributed by atoms with E-state index in [1.807, 2.05) is 0 Å². The van der Waals surface area contributed by atoms with Crippen LogP contribution in [0.15, 0.2) is 21.3 Å². The van der Waals surface area contributed by atoms with Gasteiger partial charge in [-0.2, -0.15) is 0 Å². The van der Waals surface area contributed by atoms with Crippen molar-refractivity contribution >= 4 is 28.5 Å². The Bertz CT molecular complexity index is 1320. The SMILES string of the molecule is CCCCCCCCCCCCCCCC(=O)Nc1cc2c(C)c(CC(=O)O)c(=O)oc2cc1O[C@@H]1O[C@H](CO)[C@H](O)[C@H](O)[C@H]1O. The smallest absolute Gasteiger partial charge is 0.340 e. The first-order valence-electron chi connectivity index (χ1n) is 16.7. The van der Waals surface area contributed by atoms with E-state index in [1.54, 1.807) is 6.92 Å². The monoisotopic (exact) mass is 649 g/mol. The lowest BCUT2D eigenvalue weighted by Crippen LogP contribution is -2.60. The van der Waals surface area contributed by atoms with Crippen LogP contribution in [0.5, 0.6) is 5.75 Å². The number of rotatable bonds is 20. The van der Waals surface area contributed by atoms with Crippen molar-refractivity contribution in [1.29, 1.82) is 0 Å². The van der Waals surface area contributed by atoms with Gasteiger partial charge in [0.15, 0.2) is 0 Å². The molecular formula is C34H51NO11. The molecule has 5 atom stereocenters. The summed E-state index contributed by atoms with van der Waals surface area (Å²) in [5, 5.41) is 52.8. The summed E-state index contributed by atoms with van der Waals surface area (Å²) >= 11 is 0. The molecule has 12 heteroatoms. The summed E-state index contributed by atoms with van der Waals surface area (Å²) in [5.74, 6) is -1.57. The second kappa shape index (κ2) is 19.0. The third kappa shape index (κ3) is 10.8. The first kappa shape index (κ1) is 37.4. The summed E-state index contributed by atoms with van der Waals surface area (Å²) in [4.78, 5) is 36.9. The molecule has 1 aliphatic heterocycles. The van der Waals surface area contributed by atoms with Crippen LogP contribution >= 0.6 is 0 Å². The largest absolute Gasteiger partial charge is 0.481 e. The number of carboxylic acids is 1. The van der Waals surface area contributed by atoms with Crippen molar-refractivity contribution in [3.05, 3.63) is 33.7 Å². The average molecular weight is 650 g/mol. The summed E-state index contributed by atoms with van der Waals surface area (Å²) in [6.07, 6.45) is 7.24. The molecule has 1 fully saturated rings. The molecule has 0 spiro atoms. The van der Waals surface area contributed by atoms with Gasteiger partial charge in [-0.15, -0.1) is 0 Å². The third-order valence-electron chi connectivity index (χ3n) is 8.59. The Morgan fingerprint density at radius 1 is 0.870 bits per heavy atom. The number of anilines is 1. The number of carboxylic acid groups (broad SMARTS) is 1. The van der Waals surface area contributed by atoms with Gasteiger partial charge >= 0.3 is 11.6 Å². The molecule has 1 amide bonds. The number of hydrogen-bond donors (Lipinski definition) is 6. The fraction of sp³-hybridized carbons (Fsp3) is 0.676. The summed E-state index contributed by atoms with van der Waals surface area (Å²) in [7, 11) is 0. The molecule has 2 aromatic rings.